The quantitative estimate of drug-likeness (QED) is 0.365. The Balaban J connectivity index is 1.83. The fraction of sp³-hybridized carbons (Fsp3) is 0.333. The van der Waals surface area contributed by atoms with Gasteiger partial charge in [-0.15, -0.1) is 0 Å². The van der Waals surface area contributed by atoms with Crippen molar-refractivity contribution in [3.8, 4) is 5.69 Å². The number of halogens is 1. The van der Waals surface area contributed by atoms with Crippen molar-refractivity contribution < 1.29 is 18.7 Å². The zero-order valence-corrected chi connectivity index (χ0v) is 17.6. The van der Waals surface area contributed by atoms with Gasteiger partial charge in [-0.1, -0.05) is 44.2 Å². The summed E-state index contributed by atoms with van der Waals surface area (Å²) >= 11 is 0. The summed E-state index contributed by atoms with van der Waals surface area (Å²) < 4.78 is 26.2. The average molecular weight is 410 g/mol. The van der Waals surface area contributed by atoms with Crippen LogP contribution in [0.25, 0.3) is 5.69 Å². The van der Waals surface area contributed by atoms with E-state index in [9.17, 15) is 9.18 Å². The molecule has 3 rings (SSSR count). The van der Waals surface area contributed by atoms with Crippen molar-refractivity contribution in [1.29, 1.82) is 0 Å². The first kappa shape index (κ1) is 21.7. The maximum Gasteiger partial charge on any atom is 0.341 e. The Morgan fingerprint density at radius 2 is 1.80 bits per heavy atom. The van der Waals surface area contributed by atoms with Gasteiger partial charge in [0.05, 0.1) is 30.8 Å². The zero-order valence-electron chi connectivity index (χ0n) is 17.6. The minimum absolute atomic E-state index is 0.278. The fourth-order valence-electron chi connectivity index (χ4n) is 3.35. The molecule has 1 aromatic heterocycles. The van der Waals surface area contributed by atoms with Gasteiger partial charge in [-0.3, -0.25) is 0 Å². The Hall–Kier alpha value is -2.99. The molecule has 0 bridgehead atoms. The summed E-state index contributed by atoms with van der Waals surface area (Å²) in [5, 5.41) is 4.41. The number of carbonyl (C=O) groups excluding carboxylic acids is 1. The maximum atomic E-state index is 13.4. The molecule has 0 atom stereocenters. The third-order valence-corrected chi connectivity index (χ3v) is 4.96. The standard InChI is InChI=1S/C24H27FN2O3/c1-4-30-23(28)21-16-26-27(20-12-10-19(25)11-13-20)22(21)24(2,3)14-15-29-17-18-8-6-5-7-9-18/h5-13,16H,4,14-15,17H2,1-3H3. The zero-order chi connectivity index (χ0) is 21.6. The number of carbonyl (C=O) groups is 1. The molecular weight excluding hydrogens is 383 g/mol. The second-order valence-corrected chi connectivity index (χ2v) is 7.69. The van der Waals surface area contributed by atoms with Gasteiger partial charge in [0.25, 0.3) is 0 Å². The molecule has 6 heteroatoms. The topological polar surface area (TPSA) is 53.3 Å². The highest BCUT2D eigenvalue weighted by molar-refractivity contribution is 5.91. The van der Waals surface area contributed by atoms with Crippen LogP contribution in [0.5, 0.6) is 0 Å². The first-order valence-corrected chi connectivity index (χ1v) is 10.1. The van der Waals surface area contributed by atoms with Crippen LogP contribution in [0.1, 0.15) is 48.8 Å². The van der Waals surface area contributed by atoms with Crippen molar-refractivity contribution in [3.63, 3.8) is 0 Å². The van der Waals surface area contributed by atoms with Crippen LogP contribution in [0, 0.1) is 5.82 Å². The molecule has 0 unspecified atom stereocenters. The molecule has 0 saturated carbocycles. The SMILES string of the molecule is CCOC(=O)c1cnn(-c2ccc(F)cc2)c1C(C)(C)CCOCc1ccccc1. The Morgan fingerprint density at radius 1 is 1.10 bits per heavy atom. The minimum Gasteiger partial charge on any atom is -0.462 e. The second-order valence-electron chi connectivity index (χ2n) is 7.69. The fourth-order valence-corrected chi connectivity index (χ4v) is 3.35. The first-order valence-electron chi connectivity index (χ1n) is 10.1. The van der Waals surface area contributed by atoms with Gasteiger partial charge in [0.15, 0.2) is 0 Å². The van der Waals surface area contributed by atoms with E-state index < -0.39 is 11.4 Å². The smallest absolute Gasteiger partial charge is 0.341 e. The summed E-state index contributed by atoms with van der Waals surface area (Å²) in [4.78, 5) is 12.6. The number of hydrogen-bond acceptors (Lipinski definition) is 4. The minimum atomic E-state index is -0.441. The number of esters is 1. The van der Waals surface area contributed by atoms with Gasteiger partial charge >= 0.3 is 5.97 Å². The summed E-state index contributed by atoms with van der Waals surface area (Å²) in [7, 11) is 0. The van der Waals surface area contributed by atoms with E-state index in [0.29, 0.717) is 30.9 Å². The van der Waals surface area contributed by atoms with Crippen LogP contribution < -0.4 is 0 Å². The number of benzene rings is 2. The van der Waals surface area contributed by atoms with Gasteiger partial charge in [0.1, 0.15) is 11.4 Å². The molecule has 0 aliphatic heterocycles. The number of ether oxygens (including phenoxy) is 2. The first-order chi connectivity index (χ1) is 14.4. The van der Waals surface area contributed by atoms with E-state index in [2.05, 4.69) is 5.10 Å². The van der Waals surface area contributed by atoms with Crippen LogP contribution >= 0.6 is 0 Å². The van der Waals surface area contributed by atoms with Crippen molar-refractivity contribution in [3.05, 3.63) is 83.4 Å². The van der Waals surface area contributed by atoms with Crippen molar-refractivity contribution in [2.75, 3.05) is 13.2 Å². The van der Waals surface area contributed by atoms with Crippen LogP contribution in [-0.4, -0.2) is 29.0 Å². The normalized spacial score (nSPS) is 11.5. The summed E-state index contributed by atoms with van der Waals surface area (Å²) in [5.41, 5.74) is 2.48. The molecule has 158 valence electrons. The molecule has 0 fully saturated rings. The Morgan fingerprint density at radius 3 is 2.47 bits per heavy atom. The number of nitrogens with zero attached hydrogens (tertiary/aromatic N) is 2. The van der Waals surface area contributed by atoms with E-state index in [4.69, 9.17) is 9.47 Å². The Labute approximate surface area is 176 Å². The third kappa shape index (κ3) is 5.13. The lowest BCUT2D eigenvalue weighted by Gasteiger charge is -2.27. The molecule has 0 aliphatic rings. The molecule has 0 amide bonds. The maximum absolute atomic E-state index is 13.4. The largest absolute Gasteiger partial charge is 0.462 e. The lowest BCUT2D eigenvalue weighted by Crippen LogP contribution is -2.26. The third-order valence-electron chi connectivity index (χ3n) is 4.96. The van der Waals surface area contributed by atoms with Crippen LogP contribution in [-0.2, 0) is 21.5 Å². The van der Waals surface area contributed by atoms with Crippen molar-refractivity contribution in [1.82, 2.24) is 9.78 Å². The van der Waals surface area contributed by atoms with E-state index in [0.717, 1.165) is 11.3 Å². The van der Waals surface area contributed by atoms with Crippen molar-refractivity contribution in [2.45, 2.75) is 39.2 Å². The molecule has 1 heterocycles. The highest BCUT2D eigenvalue weighted by Crippen LogP contribution is 2.32. The van der Waals surface area contributed by atoms with Crippen LogP contribution in [0.15, 0.2) is 60.8 Å². The highest BCUT2D eigenvalue weighted by atomic mass is 19.1. The van der Waals surface area contributed by atoms with Gasteiger partial charge in [-0.25, -0.2) is 13.9 Å². The lowest BCUT2D eigenvalue weighted by molar-refractivity contribution is 0.0521. The molecule has 30 heavy (non-hydrogen) atoms. The molecule has 0 radical (unpaired) electrons. The summed E-state index contributed by atoms with van der Waals surface area (Å²) in [5.74, 6) is -0.745. The molecule has 0 aliphatic carbocycles. The van der Waals surface area contributed by atoms with E-state index >= 15 is 0 Å². The van der Waals surface area contributed by atoms with Crippen LogP contribution in [0.2, 0.25) is 0 Å². The number of aromatic nitrogens is 2. The molecule has 3 aromatic rings. The Kier molecular flexibility index (Phi) is 7.00. The van der Waals surface area contributed by atoms with Gasteiger partial charge in [-0.05, 0) is 43.2 Å². The molecule has 0 saturated heterocycles. The van der Waals surface area contributed by atoms with Crippen LogP contribution in [0.4, 0.5) is 4.39 Å². The predicted octanol–water partition coefficient (Wildman–Crippen LogP) is 5.07. The van der Waals surface area contributed by atoms with Gasteiger partial charge in [-0.2, -0.15) is 5.10 Å². The van der Waals surface area contributed by atoms with E-state index in [-0.39, 0.29) is 12.4 Å². The van der Waals surface area contributed by atoms with E-state index in [1.54, 1.807) is 23.7 Å². The summed E-state index contributed by atoms with van der Waals surface area (Å²) in [6.45, 7) is 7.17. The van der Waals surface area contributed by atoms with Gasteiger partial charge < -0.3 is 9.47 Å². The predicted molar refractivity (Wildman–Crippen MR) is 113 cm³/mol. The van der Waals surface area contributed by atoms with Gasteiger partial charge in [0.2, 0.25) is 0 Å². The molecule has 0 N–H and O–H groups in total. The molecule has 2 aromatic carbocycles. The molecular formula is C24H27FN2O3. The highest BCUT2D eigenvalue weighted by Gasteiger charge is 2.32. The van der Waals surface area contributed by atoms with Gasteiger partial charge in [0, 0.05) is 12.0 Å². The van der Waals surface area contributed by atoms with E-state index in [1.165, 1.54) is 18.3 Å². The van der Waals surface area contributed by atoms with Crippen molar-refractivity contribution in [2.24, 2.45) is 0 Å². The molecule has 0 spiro atoms. The number of rotatable bonds is 9. The molecule has 5 nitrogen and oxygen atoms in total. The van der Waals surface area contributed by atoms with Crippen LogP contribution in [0.3, 0.4) is 0 Å². The van der Waals surface area contributed by atoms with E-state index in [1.807, 2.05) is 44.2 Å². The monoisotopic (exact) mass is 410 g/mol. The summed E-state index contributed by atoms with van der Waals surface area (Å²) in [6.07, 6.45) is 2.18. The second kappa shape index (κ2) is 9.67. The number of hydrogen-bond donors (Lipinski definition) is 0. The lowest BCUT2D eigenvalue weighted by atomic mass is 9.83. The average Bonchev–Trinajstić information content (AvgIpc) is 3.19. The summed E-state index contributed by atoms with van der Waals surface area (Å²) in [6, 6.07) is 16.0. The van der Waals surface area contributed by atoms with Crippen molar-refractivity contribution >= 4 is 5.97 Å². The Bertz CT molecular complexity index is 966.